The highest BCUT2D eigenvalue weighted by Crippen LogP contribution is 2.13. The maximum absolute atomic E-state index is 12.1. The van der Waals surface area contributed by atoms with Crippen LogP contribution >= 0.6 is 0 Å². The molecule has 0 spiro atoms. The van der Waals surface area contributed by atoms with Crippen LogP contribution in [-0.4, -0.2) is 47.1 Å². The first kappa shape index (κ1) is 13.9. The van der Waals surface area contributed by atoms with Gasteiger partial charge in [0.05, 0.1) is 0 Å². The van der Waals surface area contributed by atoms with E-state index in [1.165, 1.54) is 0 Å². The van der Waals surface area contributed by atoms with E-state index in [2.05, 4.69) is 15.2 Å². The van der Waals surface area contributed by atoms with Crippen LogP contribution in [0.2, 0.25) is 0 Å². The first-order valence-electron chi connectivity index (χ1n) is 6.17. The summed E-state index contributed by atoms with van der Waals surface area (Å²) in [5.41, 5.74) is 7.54. The molecule has 0 atom stereocenters. The van der Waals surface area contributed by atoms with Crippen LogP contribution in [0.4, 0.5) is 11.6 Å². The minimum atomic E-state index is -0.245. The van der Waals surface area contributed by atoms with Gasteiger partial charge in [-0.3, -0.25) is 9.89 Å². The Labute approximate surface area is 117 Å². The number of aromatic nitrogens is 3. The number of rotatable bonds is 4. The van der Waals surface area contributed by atoms with Crippen molar-refractivity contribution in [2.75, 3.05) is 31.8 Å². The van der Waals surface area contributed by atoms with Crippen LogP contribution in [0.5, 0.6) is 0 Å². The number of nitrogens with zero attached hydrogens (tertiary/aromatic N) is 4. The van der Waals surface area contributed by atoms with Crippen LogP contribution in [0.25, 0.3) is 0 Å². The van der Waals surface area contributed by atoms with Gasteiger partial charge in [-0.1, -0.05) is 12.1 Å². The predicted molar refractivity (Wildman–Crippen MR) is 77.4 cm³/mol. The number of carbonyl (C=O) groups is 1. The lowest BCUT2D eigenvalue weighted by molar-refractivity contribution is 0.0773. The number of benzene rings is 1. The second-order valence-electron chi connectivity index (χ2n) is 4.76. The molecule has 7 nitrogen and oxygen atoms in total. The van der Waals surface area contributed by atoms with E-state index in [0.717, 1.165) is 11.3 Å². The van der Waals surface area contributed by atoms with Gasteiger partial charge < -0.3 is 15.5 Å². The fraction of sp³-hybridized carbons (Fsp3) is 0.308. The Morgan fingerprint density at radius 3 is 2.40 bits per heavy atom. The van der Waals surface area contributed by atoms with E-state index in [0.29, 0.717) is 6.54 Å². The van der Waals surface area contributed by atoms with E-state index in [1.54, 1.807) is 11.9 Å². The van der Waals surface area contributed by atoms with Gasteiger partial charge in [0, 0.05) is 33.4 Å². The van der Waals surface area contributed by atoms with Gasteiger partial charge in [-0.15, -0.1) is 5.10 Å². The van der Waals surface area contributed by atoms with Gasteiger partial charge in [0.25, 0.3) is 5.91 Å². The summed E-state index contributed by atoms with van der Waals surface area (Å²) < 4.78 is 0. The quantitative estimate of drug-likeness (QED) is 0.857. The minimum Gasteiger partial charge on any atom is -0.378 e. The van der Waals surface area contributed by atoms with Crippen molar-refractivity contribution in [3.8, 4) is 0 Å². The van der Waals surface area contributed by atoms with Crippen molar-refractivity contribution in [3.63, 3.8) is 0 Å². The van der Waals surface area contributed by atoms with E-state index in [1.807, 2.05) is 43.3 Å². The lowest BCUT2D eigenvalue weighted by atomic mass is 10.2. The number of anilines is 2. The van der Waals surface area contributed by atoms with Crippen molar-refractivity contribution in [3.05, 3.63) is 35.7 Å². The number of nitrogen functional groups attached to an aromatic ring is 1. The van der Waals surface area contributed by atoms with Gasteiger partial charge in [0.1, 0.15) is 0 Å². The number of nitrogens with one attached hydrogen (secondary N) is 1. The fourth-order valence-corrected chi connectivity index (χ4v) is 1.80. The van der Waals surface area contributed by atoms with Crippen molar-refractivity contribution in [1.82, 2.24) is 20.1 Å². The lowest BCUT2D eigenvalue weighted by Gasteiger charge is -2.17. The molecule has 1 heterocycles. The van der Waals surface area contributed by atoms with Gasteiger partial charge in [0.2, 0.25) is 11.8 Å². The summed E-state index contributed by atoms with van der Waals surface area (Å²) in [6.45, 7) is 0.493. The molecule has 1 amide bonds. The van der Waals surface area contributed by atoms with Crippen molar-refractivity contribution < 1.29 is 4.79 Å². The summed E-state index contributed by atoms with van der Waals surface area (Å²) in [4.78, 5) is 19.5. The van der Waals surface area contributed by atoms with Crippen LogP contribution < -0.4 is 10.6 Å². The minimum absolute atomic E-state index is 0.0667. The normalized spacial score (nSPS) is 10.3. The summed E-state index contributed by atoms with van der Waals surface area (Å²) in [6.07, 6.45) is 0. The second-order valence-corrected chi connectivity index (χ2v) is 4.76. The molecule has 106 valence electrons. The molecule has 0 aliphatic rings. The highest BCUT2D eigenvalue weighted by atomic mass is 16.2. The number of H-pyrrole nitrogens is 1. The second kappa shape index (κ2) is 5.60. The molecular weight excluding hydrogens is 256 g/mol. The van der Waals surface area contributed by atoms with Crippen molar-refractivity contribution in [2.45, 2.75) is 6.54 Å². The molecule has 0 aliphatic heterocycles. The van der Waals surface area contributed by atoms with Crippen LogP contribution in [0, 0.1) is 0 Å². The molecule has 7 heteroatoms. The third-order valence-corrected chi connectivity index (χ3v) is 2.92. The van der Waals surface area contributed by atoms with E-state index >= 15 is 0 Å². The molecule has 2 rings (SSSR count). The Morgan fingerprint density at radius 1 is 1.25 bits per heavy atom. The summed E-state index contributed by atoms with van der Waals surface area (Å²) in [5.74, 6) is -0.0297. The summed E-state index contributed by atoms with van der Waals surface area (Å²) in [5, 5.41) is 6.16. The first-order valence-corrected chi connectivity index (χ1v) is 6.17. The number of nitrogens with two attached hydrogens (primary N) is 1. The predicted octanol–water partition coefficient (Wildman–Crippen LogP) is 0.725. The average Bonchev–Trinajstić information content (AvgIpc) is 2.85. The maximum atomic E-state index is 12.1. The maximum Gasteiger partial charge on any atom is 0.291 e. The highest BCUT2D eigenvalue weighted by molar-refractivity contribution is 5.90. The molecular formula is C13H18N6O. The Hall–Kier alpha value is -2.57. The SMILES string of the molecule is CN(Cc1ccc(N(C)C)cc1)C(=O)c1nc(N)n[nH]1. The number of hydrogen-bond donors (Lipinski definition) is 2. The van der Waals surface area contributed by atoms with Gasteiger partial charge in [-0.05, 0) is 17.7 Å². The average molecular weight is 274 g/mol. The summed E-state index contributed by atoms with van der Waals surface area (Å²) in [6, 6.07) is 8.02. The largest absolute Gasteiger partial charge is 0.378 e. The Bertz CT molecular complexity index is 589. The number of amides is 1. The molecule has 0 fully saturated rings. The lowest BCUT2D eigenvalue weighted by Crippen LogP contribution is -2.27. The molecule has 0 unspecified atom stereocenters. The topological polar surface area (TPSA) is 91.1 Å². The van der Waals surface area contributed by atoms with E-state index in [4.69, 9.17) is 5.73 Å². The zero-order valence-electron chi connectivity index (χ0n) is 11.8. The van der Waals surface area contributed by atoms with Gasteiger partial charge >= 0.3 is 0 Å². The van der Waals surface area contributed by atoms with E-state index in [9.17, 15) is 4.79 Å². The molecule has 1 aromatic heterocycles. The van der Waals surface area contributed by atoms with Crippen LogP contribution in [0.3, 0.4) is 0 Å². The standard InChI is InChI=1S/C13H18N6O/c1-18(2)10-6-4-9(5-7-10)8-19(3)12(20)11-15-13(14)17-16-11/h4-7H,8H2,1-3H3,(H3,14,15,16,17). The number of carbonyl (C=O) groups excluding carboxylic acids is 1. The summed E-state index contributed by atoms with van der Waals surface area (Å²) >= 11 is 0. The monoisotopic (exact) mass is 274 g/mol. The third kappa shape index (κ3) is 3.05. The van der Waals surface area contributed by atoms with Crippen LogP contribution in [0.15, 0.2) is 24.3 Å². The molecule has 0 saturated heterocycles. The van der Waals surface area contributed by atoms with Crippen molar-refractivity contribution in [2.24, 2.45) is 0 Å². The van der Waals surface area contributed by atoms with Gasteiger partial charge in [-0.25, -0.2) is 0 Å². The smallest absolute Gasteiger partial charge is 0.291 e. The third-order valence-electron chi connectivity index (χ3n) is 2.92. The van der Waals surface area contributed by atoms with Crippen molar-refractivity contribution >= 4 is 17.5 Å². The highest BCUT2D eigenvalue weighted by Gasteiger charge is 2.16. The number of hydrogen-bond acceptors (Lipinski definition) is 5. The Morgan fingerprint density at radius 2 is 1.90 bits per heavy atom. The molecule has 0 bridgehead atoms. The molecule has 0 radical (unpaired) electrons. The van der Waals surface area contributed by atoms with E-state index < -0.39 is 0 Å². The Balaban J connectivity index is 2.03. The first-order chi connectivity index (χ1) is 9.47. The zero-order valence-corrected chi connectivity index (χ0v) is 11.8. The molecule has 2 aromatic rings. The fourth-order valence-electron chi connectivity index (χ4n) is 1.80. The van der Waals surface area contributed by atoms with Gasteiger partial charge in [-0.2, -0.15) is 4.98 Å². The molecule has 3 N–H and O–H groups in total. The van der Waals surface area contributed by atoms with E-state index in [-0.39, 0.29) is 17.7 Å². The van der Waals surface area contributed by atoms with Crippen molar-refractivity contribution in [1.29, 1.82) is 0 Å². The Kier molecular flexibility index (Phi) is 3.88. The molecule has 0 saturated carbocycles. The molecule has 1 aromatic carbocycles. The zero-order chi connectivity index (χ0) is 14.7. The molecule has 0 aliphatic carbocycles. The number of aromatic amines is 1. The van der Waals surface area contributed by atoms with Gasteiger partial charge in [0.15, 0.2) is 0 Å². The molecule has 20 heavy (non-hydrogen) atoms. The summed E-state index contributed by atoms with van der Waals surface area (Å²) in [7, 11) is 5.68. The van der Waals surface area contributed by atoms with Crippen LogP contribution in [-0.2, 0) is 6.54 Å². The van der Waals surface area contributed by atoms with Crippen LogP contribution in [0.1, 0.15) is 16.2 Å².